The summed E-state index contributed by atoms with van der Waals surface area (Å²) >= 11 is 0. The Bertz CT molecular complexity index is 173. The first-order chi connectivity index (χ1) is 8.37. The van der Waals surface area contributed by atoms with E-state index in [2.05, 4.69) is 9.88 Å². The molecule has 4 N–H and O–H groups in total. The quantitative estimate of drug-likeness (QED) is 0.199. The maximum Gasteiger partial charge on any atom is 1.00 e. The van der Waals surface area contributed by atoms with Crippen molar-refractivity contribution in [3.8, 4) is 0 Å². The fourth-order valence-electron chi connectivity index (χ4n) is 0.0570. The molecule has 0 aromatic heterocycles. The topological polar surface area (TPSA) is 270 Å². The molecule has 21 heteroatoms. The van der Waals surface area contributed by atoms with Gasteiger partial charge in [-0.3, -0.25) is 10.4 Å². The van der Waals surface area contributed by atoms with Crippen LogP contribution in [-0.2, 0) is 26.7 Å². The van der Waals surface area contributed by atoms with Crippen LogP contribution in [0, 0.1) is 30.0 Å². The molecule has 0 bridgehead atoms. The van der Waals surface area contributed by atoms with Crippen LogP contribution in [0.3, 0.4) is 0 Å². The molecule has 0 aliphatic heterocycles. The van der Waals surface area contributed by atoms with Crippen molar-refractivity contribution < 1.29 is 107 Å². The zero-order chi connectivity index (χ0) is 15.4. The first-order valence-corrected chi connectivity index (χ1v) is 2.63. The Morgan fingerprint density at radius 1 is 0.762 bits per heavy atom. The molecular weight excluding hydrogens is 381 g/mol. The van der Waals surface area contributed by atoms with Gasteiger partial charge in [-0.05, 0) is 0 Å². The Hall–Kier alpha value is -0.134. The maximum atomic E-state index is 9.00. The maximum absolute atomic E-state index is 9.00. The summed E-state index contributed by atoms with van der Waals surface area (Å²) in [6.07, 6.45) is 0. The Morgan fingerprint density at radius 3 is 0.905 bits per heavy atom. The summed E-state index contributed by atoms with van der Waals surface area (Å²) < 4.78 is 0. The van der Waals surface area contributed by atoms with E-state index in [-0.39, 0.29) is 75.9 Å². The zero-order valence-corrected chi connectivity index (χ0v) is 15.1. The minimum Gasteiger partial charge on any atom is -0.726 e. The Morgan fingerprint density at radius 2 is 0.905 bits per heavy atom. The van der Waals surface area contributed by atoms with Crippen molar-refractivity contribution in [1.82, 2.24) is 10.8 Å². The van der Waals surface area contributed by atoms with E-state index in [4.69, 9.17) is 50.9 Å². The van der Waals surface area contributed by atoms with Gasteiger partial charge in [-0.25, -0.2) is 9.88 Å². The molecule has 0 aliphatic rings. The van der Waals surface area contributed by atoms with E-state index in [0.717, 1.165) is 0 Å². The molecule has 0 saturated heterocycles. The molecule has 0 unspecified atom stereocenters. The molecule has 18 nitrogen and oxygen atoms in total. The number of rotatable bonds is 4. The summed E-state index contributed by atoms with van der Waals surface area (Å²) in [5.41, 5.74) is 0. The second-order valence-electron chi connectivity index (χ2n) is 0.951. The molecule has 0 atom stereocenters. The van der Waals surface area contributed by atoms with Gasteiger partial charge in [-0.1, -0.05) is 10.8 Å². The largest absolute Gasteiger partial charge is 1.00 e. The Kier molecular flexibility index (Phi) is 102. The summed E-state index contributed by atoms with van der Waals surface area (Å²) in [7, 11) is 0. The normalized spacial score (nSPS) is 6.00. The molecule has 0 fully saturated rings. The molecular formula is H4CoN6Na2O12. The van der Waals surface area contributed by atoms with E-state index in [1.54, 1.807) is 10.7 Å². The van der Waals surface area contributed by atoms with Gasteiger partial charge in [0.15, 0.2) is 21.4 Å². The van der Waals surface area contributed by atoms with Gasteiger partial charge < -0.3 is 20.8 Å². The summed E-state index contributed by atoms with van der Waals surface area (Å²) in [5, 5.41) is 49.4. The van der Waals surface area contributed by atoms with Crippen molar-refractivity contribution in [3.63, 3.8) is 0 Å². The van der Waals surface area contributed by atoms with Crippen LogP contribution in [0.5, 0.6) is 0 Å². The molecule has 21 heavy (non-hydrogen) atoms. The summed E-state index contributed by atoms with van der Waals surface area (Å²) in [5.74, 6) is 0. The van der Waals surface area contributed by atoms with Crippen LogP contribution in [-0.4, -0.2) is 31.6 Å². The van der Waals surface area contributed by atoms with Gasteiger partial charge >= 0.3 is 59.1 Å². The van der Waals surface area contributed by atoms with Crippen LogP contribution in [0.1, 0.15) is 0 Å². The fraction of sp³-hybridized carbons (Fsp3) is 0. The van der Waals surface area contributed by atoms with Crippen LogP contribution in [0.2, 0.25) is 0 Å². The van der Waals surface area contributed by atoms with E-state index in [9.17, 15) is 0 Å². The smallest absolute Gasteiger partial charge is 0.726 e. The van der Waals surface area contributed by atoms with Crippen molar-refractivity contribution in [1.29, 1.82) is 0 Å². The first kappa shape index (κ1) is 42.8. The SMILES string of the molecule is O=NO.O=NO.O=NON([O-])O.O=NON([O-])O.[Co].[Na+].[Na+]. The predicted molar refractivity (Wildman–Crippen MR) is 42.9 cm³/mol. The molecule has 0 aliphatic carbocycles. The molecule has 0 aromatic rings. The van der Waals surface area contributed by atoms with E-state index in [0.29, 0.717) is 0 Å². The van der Waals surface area contributed by atoms with Crippen LogP contribution in [0.25, 0.3) is 0 Å². The molecule has 0 rings (SSSR count). The zero-order valence-electron chi connectivity index (χ0n) is 10.1. The molecule has 0 saturated carbocycles. The molecule has 117 valence electrons. The van der Waals surface area contributed by atoms with E-state index in [1.165, 1.54) is 10.7 Å². The van der Waals surface area contributed by atoms with Crippen LogP contribution < -0.4 is 59.1 Å². The third kappa shape index (κ3) is 184. The fourth-order valence-corrected chi connectivity index (χ4v) is 0.0570. The molecule has 0 amide bonds. The monoisotopic (exact) mass is 385 g/mol. The van der Waals surface area contributed by atoms with E-state index >= 15 is 0 Å². The standard InChI is InChI=1S/Co.2HN2O4.2HNO2.2Na/c;2*3-1-6-2(4)5;2*2-1-3;;/h;2*4H;2*(H,2,3);;/q;2*-1;;;2*+1. The number of hydrogen-bond donors (Lipinski definition) is 4. The Balaban J connectivity index is -0.0000000249. The van der Waals surface area contributed by atoms with Gasteiger partial charge in [0.05, 0.1) is 0 Å². The number of nitrogens with zero attached hydrogens (tertiary/aromatic N) is 6. The summed E-state index contributed by atoms with van der Waals surface area (Å²) in [6.45, 7) is 0. The van der Waals surface area contributed by atoms with E-state index < -0.39 is 10.8 Å². The average molecular weight is 385 g/mol. The molecule has 0 aromatic carbocycles. The van der Waals surface area contributed by atoms with Crippen LogP contribution in [0.15, 0.2) is 21.4 Å². The van der Waals surface area contributed by atoms with Crippen molar-refractivity contribution >= 4 is 0 Å². The van der Waals surface area contributed by atoms with E-state index in [1.807, 2.05) is 0 Å². The van der Waals surface area contributed by atoms with Crippen LogP contribution >= 0.6 is 0 Å². The summed E-state index contributed by atoms with van der Waals surface area (Å²) in [4.78, 5) is 39.6. The third-order valence-electron chi connectivity index (χ3n) is 0.206. The summed E-state index contributed by atoms with van der Waals surface area (Å²) in [6, 6.07) is 0. The van der Waals surface area contributed by atoms with Crippen molar-refractivity contribution in [2.45, 2.75) is 0 Å². The van der Waals surface area contributed by atoms with Crippen molar-refractivity contribution in [3.05, 3.63) is 30.0 Å². The molecule has 0 spiro atoms. The van der Waals surface area contributed by atoms with Gasteiger partial charge in [-0.15, -0.1) is 19.6 Å². The first-order valence-electron chi connectivity index (χ1n) is 2.63. The number of hydrogen-bond acceptors (Lipinski definition) is 16. The molecule has 0 heterocycles. The van der Waals surface area contributed by atoms with Gasteiger partial charge in [0.1, 0.15) is 0 Å². The predicted octanol–water partition coefficient (Wildman–Crippen LogP) is -6.13. The minimum atomic E-state index is -1.05. The third-order valence-corrected chi connectivity index (χ3v) is 0.206. The van der Waals surface area contributed by atoms with Gasteiger partial charge in [0.25, 0.3) is 0 Å². The Labute approximate surface area is 167 Å². The minimum absolute atomic E-state index is 0. The van der Waals surface area contributed by atoms with Crippen molar-refractivity contribution in [2.24, 2.45) is 21.4 Å². The van der Waals surface area contributed by atoms with Gasteiger partial charge in [0, 0.05) is 16.8 Å². The van der Waals surface area contributed by atoms with Gasteiger partial charge in [-0.2, -0.15) is 0 Å². The van der Waals surface area contributed by atoms with Crippen molar-refractivity contribution in [2.75, 3.05) is 0 Å². The van der Waals surface area contributed by atoms with Crippen LogP contribution in [0.4, 0.5) is 0 Å². The van der Waals surface area contributed by atoms with Gasteiger partial charge in [0.2, 0.25) is 0 Å². The average Bonchev–Trinajstić information content (AvgIpc) is 2.20. The second-order valence-corrected chi connectivity index (χ2v) is 0.951. The molecule has 1 radical (unpaired) electrons. The second kappa shape index (κ2) is 50.2.